The molecule has 1 nitrogen and oxygen atoms in total. The highest BCUT2D eigenvalue weighted by Crippen LogP contribution is 2.31. The van der Waals surface area contributed by atoms with Gasteiger partial charge in [0.2, 0.25) is 0 Å². The maximum atomic E-state index is 6.20. The molecule has 21 heavy (non-hydrogen) atoms. The zero-order valence-electron chi connectivity index (χ0n) is 12.0. The van der Waals surface area contributed by atoms with Gasteiger partial charge in [0.05, 0.1) is 10.0 Å². The highest BCUT2D eigenvalue weighted by atomic mass is 35.5. The van der Waals surface area contributed by atoms with E-state index in [0.717, 1.165) is 30.8 Å². The normalized spacial score (nSPS) is 10.8. The molecule has 1 N–H and O–H groups in total. The summed E-state index contributed by atoms with van der Waals surface area (Å²) in [6.07, 6.45) is 1.16. The summed E-state index contributed by atoms with van der Waals surface area (Å²) in [6.45, 7) is 4.16. The Labute approximate surface area is 141 Å². The van der Waals surface area contributed by atoms with Gasteiger partial charge in [0, 0.05) is 17.2 Å². The van der Waals surface area contributed by atoms with Gasteiger partial charge < -0.3 is 5.32 Å². The third kappa shape index (κ3) is 5.23. The number of rotatable bonds is 7. The van der Waals surface area contributed by atoms with Gasteiger partial charge in [-0.1, -0.05) is 54.4 Å². The molecule has 0 heterocycles. The van der Waals surface area contributed by atoms with Crippen molar-refractivity contribution in [3.8, 4) is 0 Å². The van der Waals surface area contributed by atoms with Crippen LogP contribution < -0.4 is 5.32 Å². The van der Waals surface area contributed by atoms with Gasteiger partial charge in [0.15, 0.2) is 0 Å². The molecule has 0 saturated carbocycles. The summed E-state index contributed by atoms with van der Waals surface area (Å²) < 4.78 is 0. The lowest BCUT2D eigenvalue weighted by Gasteiger charge is -2.07. The zero-order valence-corrected chi connectivity index (χ0v) is 14.4. The van der Waals surface area contributed by atoms with E-state index < -0.39 is 0 Å². The van der Waals surface area contributed by atoms with Gasteiger partial charge in [-0.25, -0.2) is 0 Å². The molecule has 0 saturated heterocycles. The number of hydrogen-bond donors (Lipinski definition) is 1. The lowest BCUT2D eigenvalue weighted by molar-refractivity contribution is 0.675. The van der Waals surface area contributed by atoms with E-state index >= 15 is 0 Å². The standard InChI is InChI=1S/C17H19Cl2NS/c1-2-10-20-11-13-6-8-15(9-7-13)21-12-14-4-3-5-16(18)17(14)19/h3-9,20H,2,10-12H2,1H3. The minimum Gasteiger partial charge on any atom is -0.313 e. The minimum absolute atomic E-state index is 0.618. The fourth-order valence-electron chi connectivity index (χ4n) is 1.93. The predicted octanol–water partition coefficient (Wildman–Crippen LogP) is 5.79. The SMILES string of the molecule is CCCNCc1ccc(SCc2cccc(Cl)c2Cl)cc1. The summed E-state index contributed by atoms with van der Waals surface area (Å²) in [5.74, 6) is 0.826. The maximum Gasteiger partial charge on any atom is 0.0632 e. The maximum absolute atomic E-state index is 6.20. The van der Waals surface area contributed by atoms with Gasteiger partial charge in [-0.15, -0.1) is 11.8 Å². The van der Waals surface area contributed by atoms with Crippen LogP contribution in [0.3, 0.4) is 0 Å². The molecule has 0 aliphatic rings. The molecule has 2 aromatic rings. The van der Waals surface area contributed by atoms with E-state index in [1.54, 1.807) is 11.8 Å². The lowest BCUT2D eigenvalue weighted by atomic mass is 10.2. The first-order valence-electron chi connectivity index (χ1n) is 7.06. The third-order valence-electron chi connectivity index (χ3n) is 3.11. The Kier molecular flexibility index (Phi) is 6.91. The lowest BCUT2D eigenvalue weighted by Crippen LogP contribution is -2.13. The van der Waals surface area contributed by atoms with Crippen molar-refractivity contribution in [1.29, 1.82) is 0 Å². The third-order valence-corrected chi connectivity index (χ3v) is 5.02. The van der Waals surface area contributed by atoms with E-state index in [0.29, 0.717) is 10.0 Å². The van der Waals surface area contributed by atoms with Crippen LogP contribution in [0.4, 0.5) is 0 Å². The Bertz CT molecular complexity index is 570. The molecule has 0 bridgehead atoms. The first kappa shape index (κ1) is 16.7. The molecule has 0 aliphatic heterocycles. The smallest absolute Gasteiger partial charge is 0.0632 e. The number of hydrogen-bond acceptors (Lipinski definition) is 2. The zero-order chi connectivity index (χ0) is 15.1. The second-order valence-corrected chi connectivity index (χ2v) is 6.66. The Morgan fingerprint density at radius 1 is 1.05 bits per heavy atom. The molecule has 0 radical (unpaired) electrons. The van der Waals surface area contributed by atoms with E-state index in [-0.39, 0.29) is 0 Å². The Morgan fingerprint density at radius 3 is 2.52 bits per heavy atom. The average molecular weight is 340 g/mol. The van der Waals surface area contributed by atoms with Gasteiger partial charge in [-0.3, -0.25) is 0 Å². The molecule has 0 spiro atoms. The summed E-state index contributed by atoms with van der Waals surface area (Å²) in [5.41, 5.74) is 2.39. The topological polar surface area (TPSA) is 12.0 Å². The predicted molar refractivity (Wildman–Crippen MR) is 94.5 cm³/mol. The summed E-state index contributed by atoms with van der Waals surface area (Å²) >= 11 is 14.0. The van der Waals surface area contributed by atoms with E-state index in [4.69, 9.17) is 23.2 Å². The summed E-state index contributed by atoms with van der Waals surface area (Å²) in [6, 6.07) is 14.4. The van der Waals surface area contributed by atoms with Crippen LogP contribution >= 0.6 is 35.0 Å². The monoisotopic (exact) mass is 339 g/mol. The van der Waals surface area contributed by atoms with Crippen LogP contribution in [-0.4, -0.2) is 6.54 Å². The fourth-order valence-corrected chi connectivity index (χ4v) is 3.29. The molecule has 2 aromatic carbocycles. The van der Waals surface area contributed by atoms with Gasteiger partial charge in [0.25, 0.3) is 0 Å². The molecule has 0 amide bonds. The summed E-state index contributed by atoms with van der Waals surface area (Å²) in [7, 11) is 0. The largest absolute Gasteiger partial charge is 0.313 e. The van der Waals surface area contributed by atoms with E-state index in [2.05, 4.69) is 36.5 Å². The number of thioether (sulfide) groups is 1. The van der Waals surface area contributed by atoms with Crippen LogP contribution in [0.5, 0.6) is 0 Å². The van der Waals surface area contributed by atoms with Crippen molar-refractivity contribution in [2.75, 3.05) is 6.54 Å². The van der Waals surface area contributed by atoms with E-state index in [9.17, 15) is 0 Å². The second-order valence-electron chi connectivity index (χ2n) is 4.82. The molecule has 2 rings (SSSR count). The first-order valence-corrected chi connectivity index (χ1v) is 8.80. The Balaban J connectivity index is 1.90. The molecule has 4 heteroatoms. The van der Waals surface area contributed by atoms with Crippen molar-refractivity contribution in [2.24, 2.45) is 0 Å². The number of halogens is 2. The first-order chi connectivity index (χ1) is 10.2. The van der Waals surface area contributed by atoms with Crippen LogP contribution in [0, 0.1) is 0 Å². The quantitative estimate of drug-likeness (QED) is 0.506. The number of benzene rings is 2. The molecular weight excluding hydrogens is 321 g/mol. The van der Waals surface area contributed by atoms with Crippen molar-refractivity contribution < 1.29 is 0 Å². The molecule has 0 aliphatic carbocycles. The minimum atomic E-state index is 0.618. The molecular formula is C17H19Cl2NS. The van der Waals surface area contributed by atoms with Gasteiger partial charge in [0.1, 0.15) is 0 Å². The van der Waals surface area contributed by atoms with Crippen molar-refractivity contribution in [3.05, 3.63) is 63.6 Å². The van der Waals surface area contributed by atoms with Crippen LogP contribution in [0.1, 0.15) is 24.5 Å². The molecule has 0 atom stereocenters. The average Bonchev–Trinajstić information content (AvgIpc) is 2.50. The van der Waals surface area contributed by atoms with Crippen molar-refractivity contribution in [1.82, 2.24) is 5.32 Å². The molecule has 0 unspecified atom stereocenters. The van der Waals surface area contributed by atoms with Crippen molar-refractivity contribution in [3.63, 3.8) is 0 Å². The van der Waals surface area contributed by atoms with Gasteiger partial charge in [-0.05, 0) is 42.3 Å². The van der Waals surface area contributed by atoms with Crippen LogP contribution in [-0.2, 0) is 12.3 Å². The molecule has 0 fully saturated rings. The highest BCUT2D eigenvalue weighted by Gasteiger charge is 2.05. The van der Waals surface area contributed by atoms with Gasteiger partial charge in [-0.2, -0.15) is 0 Å². The van der Waals surface area contributed by atoms with Crippen LogP contribution in [0.15, 0.2) is 47.4 Å². The van der Waals surface area contributed by atoms with E-state index in [1.807, 2.05) is 18.2 Å². The van der Waals surface area contributed by atoms with E-state index in [1.165, 1.54) is 10.5 Å². The fraction of sp³-hybridized carbons (Fsp3) is 0.294. The van der Waals surface area contributed by atoms with Crippen molar-refractivity contribution >= 4 is 35.0 Å². The number of nitrogens with one attached hydrogen (secondary N) is 1. The van der Waals surface area contributed by atoms with Crippen molar-refractivity contribution in [2.45, 2.75) is 30.5 Å². The molecule has 0 aromatic heterocycles. The second kappa shape index (κ2) is 8.70. The molecule has 112 valence electrons. The van der Waals surface area contributed by atoms with Gasteiger partial charge >= 0.3 is 0 Å². The van der Waals surface area contributed by atoms with Crippen LogP contribution in [0.2, 0.25) is 10.0 Å². The Morgan fingerprint density at radius 2 is 1.81 bits per heavy atom. The summed E-state index contributed by atoms with van der Waals surface area (Å²) in [4.78, 5) is 1.24. The highest BCUT2D eigenvalue weighted by molar-refractivity contribution is 7.98. The summed E-state index contributed by atoms with van der Waals surface area (Å²) in [5, 5.41) is 4.68. The Hall–Kier alpha value is -0.670. The van der Waals surface area contributed by atoms with Crippen LogP contribution in [0.25, 0.3) is 0 Å².